The zero-order valence-electron chi connectivity index (χ0n) is 23.1. The average Bonchev–Trinajstić information content (AvgIpc) is 3.35. The summed E-state index contributed by atoms with van der Waals surface area (Å²) in [5, 5.41) is 0.408. The van der Waals surface area contributed by atoms with Gasteiger partial charge in [0.2, 0.25) is 0 Å². The molecule has 0 atom stereocenters. The van der Waals surface area contributed by atoms with Gasteiger partial charge in [-0.15, -0.1) is 0 Å². The van der Waals surface area contributed by atoms with Crippen LogP contribution in [0.1, 0.15) is 44.8 Å². The van der Waals surface area contributed by atoms with Gasteiger partial charge in [0.05, 0.1) is 38.2 Å². The van der Waals surface area contributed by atoms with Crippen molar-refractivity contribution in [1.29, 1.82) is 0 Å². The quantitative estimate of drug-likeness (QED) is 0.154. The largest absolute Gasteiger partial charge is 0.486 e. The summed E-state index contributed by atoms with van der Waals surface area (Å²) >= 11 is 0. The van der Waals surface area contributed by atoms with Crippen molar-refractivity contribution in [2.24, 2.45) is 0 Å². The molecule has 0 aliphatic carbocycles. The Morgan fingerprint density at radius 1 is 0.791 bits per heavy atom. The van der Waals surface area contributed by atoms with Crippen LogP contribution in [0, 0.1) is 0 Å². The van der Waals surface area contributed by atoms with E-state index < -0.39 is 29.5 Å². The molecular formula is C31H26F3NO8. The average molecular weight is 598 g/mol. The lowest BCUT2D eigenvalue weighted by Crippen LogP contribution is -2.16. The third-order valence-corrected chi connectivity index (χ3v) is 6.37. The van der Waals surface area contributed by atoms with Crippen LogP contribution in [0.2, 0.25) is 0 Å². The molecule has 4 aromatic rings. The van der Waals surface area contributed by atoms with Crippen LogP contribution >= 0.6 is 0 Å². The monoisotopic (exact) mass is 597 g/mol. The number of carbonyl (C=O) groups excluding carboxylic acids is 4. The molecule has 0 bridgehead atoms. The molecule has 0 spiro atoms. The highest BCUT2D eigenvalue weighted by Gasteiger charge is 2.30. The van der Waals surface area contributed by atoms with Crippen molar-refractivity contribution >= 4 is 34.4 Å². The first kappa shape index (κ1) is 30.8. The maximum atomic E-state index is 13.1. The first-order chi connectivity index (χ1) is 20.5. The van der Waals surface area contributed by atoms with Crippen molar-refractivity contribution < 1.29 is 51.3 Å². The number of methoxy groups -OCH3 is 2. The van der Waals surface area contributed by atoms with Crippen molar-refractivity contribution in [3.05, 3.63) is 89.1 Å². The van der Waals surface area contributed by atoms with Gasteiger partial charge in [-0.1, -0.05) is 0 Å². The van der Waals surface area contributed by atoms with E-state index in [1.165, 1.54) is 62.8 Å². The van der Waals surface area contributed by atoms with Crippen molar-refractivity contribution in [2.75, 3.05) is 20.8 Å². The van der Waals surface area contributed by atoms with E-state index in [1.54, 1.807) is 6.07 Å². The Kier molecular flexibility index (Phi) is 9.49. The molecule has 1 aromatic heterocycles. The molecule has 43 heavy (non-hydrogen) atoms. The molecular weight excluding hydrogens is 571 g/mol. The minimum Gasteiger partial charge on any atom is -0.486 e. The van der Waals surface area contributed by atoms with Gasteiger partial charge in [-0.2, -0.15) is 13.2 Å². The van der Waals surface area contributed by atoms with Crippen LogP contribution in [-0.2, 0) is 31.7 Å². The normalized spacial score (nSPS) is 11.2. The summed E-state index contributed by atoms with van der Waals surface area (Å²) < 4.78 is 58.7. The number of halogens is 3. The van der Waals surface area contributed by atoms with Crippen LogP contribution in [0.25, 0.3) is 10.9 Å². The summed E-state index contributed by atoms with van der Waals surface area (Å²) in [7, 11) is 2.45. The number of rotatable bonds is 12. The minimum atomic E-state index is -4.45. The van der Waals surface area contributed by atoms with Crippen LogP contribution < -0.4 is 9.47 Å². The maximum absolute atomic E-state index is 13.1. The van der Waals surface area contributed by atoms with Crippen LogP contribution in [0.4, 0.5) is 13.2 Å². The number of benzene rings is 3. The topological polar surface area (TPSA) is 121 Å². The number of carbonyl (C=O) groups is 4. The van der Waals surface area contributed by atoms with E-state index in [4.69, 9.17) is 14.2 Å². The van der Waals surface area contributed by atoms with Gasteiger partial charge in [0, 0.05) is 28.6 Å². The Labute approximate surface area is 243 Å². The zero-order chi connectivity index (χ0) is 31.1. The number of ether oxygens (including phenoxy) is 4. The molecule has 0 amide bonds. The van der Waals surface area contributed by atoms with E-state index in [1.807, 2.05) is 0 Å². The van der Waals surface area contributed by atoms with Crippen molar-refractivity contribution in [1.82, 2.24) is 4.98 Å². The number of H-pyrrole nitrogens is 1. The van der Waals surface area contributed by atoms with E-state index in [-0.39, 0.29) is 48.5 Å². The number of alkyl halides is 3. The van der Waals surface area contributed by atoms with Gasteiger partial charge in [-0.25, -0.2) is 4.79 Å². The molecule has 0 aliphatic rings. The molecule has 0 aliphatic heterocycles. The van der Waals surface area contributed by atoms with Gasteiger partial charge in [0.15, 0.2) is 11.6 Å². The first-order valence-corrected chi connectivity index (χ1v) is 12.9. The van der Waals surface area contributed by atoms with Crippen LogP contribution in [0.15, 0.2) is 66.7 Å². The maximum Gasteiger partial charge on any atom is 0.416 e. The third kappa shape index (κ3) is 7.79. The van der Waals surface area contributed by atoms with Gasteiger partial charge in [-0.3, -0.25) is 14.4 Å². The molecule has 9 nitrogen and oxygen atoms in total. The van der Waals surface area contributed by atoms with Crippen LogP contribution in [0.3, 0.4) is 0 Å². The minimum absolute atomic E-state index is 0.159. The van der Waals surface area contributed by atoms with Crippen LogP contribution in [0.5, 0.6) is 17.2 Å². The number of fused-ring (bicyclic) bond motifs is 1. The van der Waals surface area contributed by atoms with Crippen molar-refractivity contribution in [2.45, 2.75) is 25.4 Å². The Balaban J connectivity index is 1.43. The fourth-order valence-electron chi connectivity index (χ4n) is 4.25. The highest BCUT2D eigenvalue weighted by atomic mass is 19.4. The number of ketones is 2. The number of hydrogen-bond donors (Lipinski definition) is 1. The van der Waals surface area contributed by atoms with E-state index in [0.717, 1.165) is 12.1 Å². The number of aromatic amines is 1. The fraction of sp³-hybridized carbons (Fsp3) is 0.226. The van der Waals surface area contributed by atoms with E-state index in [2.05, 4.69) is 9.72 Å². The molecule has 224 valence electrons. The fourth-order valence-corrected chi connectivity index (χ4v) is 4.25. The molecule has 1 N–H and O–H groups in total. The number of esters is 2. The molecule has 0 saturated carbocycles. The van der Waals surface area contributed by atoms with E-state index in [9.17, 15) is 32.3 Å². The number of nitrogens with one attached hydrogen (secondary N) is 1. The number of Topliss-reactive ketones (excluding diaryl/α,β-unsaturated/α-hetero) is 2. The molecule has 4 rings (SSSR count). The first-order valence-electron chi connectivity index (χ1n) is 12.9. The summed E-state index contributed by atoms with van der Waals surface area (Å²) in [5.74, 6) is -1.05. The lowest BCUT2D eigenvalue weighted by molar-refractivity contribution is -0.140. The molecule has 3 aromatic carbocycles. The summed E-state index contributed by atoms with van der Waals surface area (Å²) in [6.07, 6.45) is -4.97. The standard InChI is InChI=1S/C31H26F3NO8/c1-40-28(38)14-13-27(37)29-24-15-18(30(39)41-2)3-12-25(24)35-26(29)16-20(36)17-42-21-8-10-23(11-9-21)43-22-6-4-19(5-7-22)31(32,33)34/h3-12,15,35H,13-14,16-17H2,1-2H3. The van der Waals surface area contributed by atoms with Gasteiger partial charge in [-0.05, 0) is 66.7 Å². The molecule has 1 heterocycles. The third-order valence-electron chi connectivity index (χ3n) is 6.37. The van der Waals surface area contributed by atoms with Crippen molar-refractivity contribution in [3.63, 3.8) is 0 Å². The van der Waals surface area contributed by atoms with Gasteiger partial charge < -0.3 is 23.9 Å². The highest BCUT2D eigenvalue weighted by molar-refractivity contribution is 6.11. The van der Waals surface area contributed by atoms with Gasteiger partial charge in [0.25, 0.3) is 0 Å². The number of hydrogen-bond acceptors (Lipinski definition) is 8. The SMILES string of the molecule is COC(=O)CCC(=O)c1c(CC(=O)COc2ccc(Oc3ccc(C(F)(F)F)cc3)cc2)[nH]c2ccc(C(=O)OC)cc12. The summed E-state index contributed by atoms with van der Waals surface area (Å²) in [6, 6.07) is 15.0. The predicted octanol–water partition coefficient (Wildman–Crippen LogP) is 6.09. The second-order valence-electron chi connectivity index (χ2n) is 9.33. The highest BCUT2D eigenvalue weighted by Crippen LogP contribution is 2.32. The summed E-state index contributed by atoms with van der Waals surface area (Å²) in [4.78, 5) is 52.7. The summed E-state index contributed by atoms with van der Waals surface area (Å²) in [6.45, 7) is -0.336. The summed E-state index contributed by atoms with van der Waals surface area (Å²) in [5.41, 5.74) is 0.428. The predicted molar refractivity (Wildman–Crippen MR) is 147 cm³/mol. The van der Waals surface area contributed by atoms with Gasteiger partial charge in [0.1, 0.15) is 23.9 Å². The lowest BCUT2D eigenvalue weighted by Gasteiger charge is -2.10. The van der Waals surface area contributed by atoms with E-state index >= 15 is 0 Å². The molecule has 0 unspecified atom stereocenters. The lowest BCUT2D eigenvalue weighted by atomic mass is 9.99. The smallest absolute Gasteiger partial charge is 0.416 e. The number of aromatic nitrogens is 1. The Hall–Kier alpha value is -5.13. The Bertz CT molecular complexity index is 1640. The Morgan fingerprint density at radius 2 is 1.42 bits per heavy atom. The Morgan fingerprint density at radius 3 is 2.02 bits per heavy atom. The van der Waals surface area contributed by atoms with Gasteiger partial charge >= 0.3 is 18.1 Å². The molecule has 0 fully saturated rings. The second kappa shape index (κ2) is 13.2. The zero-order valence-corrected chi connectivity index (χ0v) is 23.1. The van der Waals surface area contributed by atoms with E-state index in [0.29, 0.717) is 28.1 Å². The molecule has 12 heteroatoms. The molecule has 0 radical (unpaired) electrons. The second-order valence-corrected chi connectivity index (χ2v) is 9.33. The van der Waals surface area contributed by atoms with Crippen LogP contribution in [-0.4, -0.2) is 49.3 Å². The van der Waals surface area contributed by atoms with Crippen molar-refractivity contribution in [3.8, 4) is 17.2 Å². The molecule has 0 saturated heterocycles.